The van der Waals surface area contributed by atoms with Gasteiger partial charge in [0.1, 0.15) is 17.1 Å². The highest BCUT2D eigenvalue weighted by atomic mass is 35.5. The van der Waals surface area contributed by atoms with E-state index in [4.69, 9.17) is 11.6 Å². The normalized spacial score (nSPS) is 10.8. The molecule has 5 heteroatoms. The molecule has 0 saturated heterocycles. The van der Waals surface area contributed by atoms with Gasteiger partial charge in [-0.05, 0) is 12.5 Å². The number of aromatic nitrogens is 3. The smallest absolute Gasteiger partial charge is 0.195 e. The lowest BCUT2D eigenvalue weighted by atomic mass is 10.00. The van der Waals surface area contributed by atoms with Crippen LogP contribution in [0.2, 0.25) is 5.15 Å². The molecule has 94 valence electrons. The van der Waals surface area contributed by atoms with Gasteiger partial charge in [-0.1, -0.05) is 35.9 Å². The number of H-pyrrole nitrogens is 1. The first-order valence-corrected chi connectivity index (χ1v) is 6.14. The van der Waals surface area contributed by atoms with Gasteiger partial charge in [0.2, 0.25) is 0 Å². The topological polar surface area (TPSA) is 58.6 Å². The fraction of sp³-hybridized carbons (Fsp3) is 0.0714. The van der Waals surface area contributed by atoms with Crippen molar-refractivity contribution in [3.05, 3.63) is 58.6 Å². The average molecular weight is 272 g/mol. The molecule has 0 bridgehead atoms. The third kappa shape index (κ3) is 1.90. The fourth-order valence-electron chi connectivity index (χ4n) is 2.08. The number of rotatable bonds is 2. The van der Waals surface area contributed by atoms with E-state index < -0.39 is 0 Å². The van der Waals surface area contributed by atoms with Gasteiger partial charge in [-0.15, -0.1) is 0 Å². The zero-order chi connectivity index (χ0) is 13.4. The summed E-state index contributed by atoms with van der Waals surface area (Å²) < 4.78 is 0. The highest BCUT2D eigenvalue weighted by Gasteiger charge is 2.18. The van der Waals surface area contributed by atoms with Crippen LogP contribution in [-0.2, 0) is 0 Å². The molecule has 0 unspecified atom stereocenters. The molecule has 1 aromatic carbocycles. The summed E-state index contributed by atoms with van der Waals surface area (Å²) in [7, 11) is 0. The number of hydrogen-bond donors (Lipinski definition) is 1. The Hall–Kier alpha value is -2.20. The molecule has 4 nitrogen and oxygen atoms in total. The molecule has 0 aliphatic heterocycles. The van der Waals surface area contributed by atoms with Gasteiger partial charge in [-0.2, -0.15) is 0 Å². The zero-order valence-electron chi connectivity index (χ0n) is 10.1. The van der Waals surface area contributed by atoms with Crippen molar-refractivity contribution in [2.24, 2.45) is 0 Å². The molecule has 3 rings (SSSR count). The summed E-state index contributed by atoms with van der Waals surface area (Å²) >= 11 is 6.05. The van der Waals surface area contributed by atoms with Gasteiger partial charge < -0.3 is 4.98 Å². The van der Waals surface area contributed by atoms with Crippen LogP contribution in [0.4, 0.5) is 0 Å². The lowest BCUT2D eigenvalue weighted by Crippen LogP contribution is -2.03. The molecule has 0 radical (unpaired) electrons. The summed E-state index contributed by atoms with van der Waals surface area (Å²) in [5.74, 6) is -0.0824. The van der Waals surface area contributed by atoms with E-state index in [-0.39, 0.29) is 10.9 Å². The van der Waals surface area contributed by atoms with E-state index in [9.17, 15) is 4.79 Å². The van der Waals surface area contributed by atoms with Crippen molar-refractivity contribution in [1.82, 2.24) is 15.0 Å². The molecule has 0 amide bonds. The quantitative estimate of drug-likeness (QED) is 0.575. The van der Waals surface area contributed by atoms with E-state index in [2.05, 4.69) is 15.0 Å². The van der Waals surface area contributed by atoms with Gasteiger partial charge in [-0.3, -0.25) is 4.79 Å². The lowest BCUT2D eigenvalue weighted by Gasteiger charge is -2.03. The minimum absolute atomic E-state index is 0.0824. The van der Waals surface area contributed by atoms with E-state index in [0.29, 0.717) is 22.2 Å². The molecule has 1 N–H and O–H groups in total. The number of carbonyl (C=O) groups is 1. The van der Waals surface area contributed by atoms with Gasteiger partial charge >= 0.3 is 0 Å². The maximum absolute atomic E-state index is 12.6. The highest BCUT2D eigenvalue weighted by Crippen LogP contribution is 2.25. The van der Waals surface area contributed by atoms with Gasteiger partial charge in [0, 0.05) is 11.8 Å². The van der Waals surface area contributed by atoms with E-state index in [0.717, 1.165) is 5.56 Å². The molecule has 0 saturated carbocycles. The van der Waals surface area contributed by atoms with Crippen LogP contribution in [-0.4, -0.2) is 20.7 Å². The highest BCUT2D eigenvalue weighted by molar-refractivity contribution is 6.36. The molecule has 0 aliphatic carbocycles. The van der Waals surface area contributed by atoms with Crippen LogP contribution in [0.1, 0.15) is 21.5 Å². The Balaban J connectivity index is 2.21. The summed E-state index contributed by atoms with van der Waals surface area (Å²) in [5, 5.41) is 0.848. The largest absolute Gasteiger partial charge is 0.345 e. The number of carbonyl (C=O) groups excluding carboxylic acids is 1. The van der Waals surface area contributed by atoms with Crippen molar-refractivity contribution in [1.29, 1.82) is 0 Å². The molecular formula is C14H10ClN3O. The predicted molar refractivity (Wildman–Crippen MR) is 73.5 cm³/mol. The van der Waals surface area contributed by atoms with Crippen LogP contribution in [0, 0.1) is 6.92 Å². The fourth-order valence-corrected chi connectivity index (χ4v) is 2.31. The van der Waals surface area contributed by atoms with Gasteiger partial charge in [0.15, 0.2) is 5.78 Å². The summed E-state index contributed by atoms with van der Waals surface area (Å²) in [6.07, 6.45) is 2.99. The zero-order valence-corrected chi connectivity index (χ0v) is 10.9. The van der Waals surface area contributed by atoms with E-state index in [1.165, 1.54) is 6.33 Å². The average Bonchev–Trinajstić information content (AvgIpc) is 2.84. The van der Waals surface area contributed by atoms with Gasteiger partial charge in [-0.25, -0.2) is 9.97 Å². The van der Waals surface area contributed by atoms with Crippen molar-refractivity contribution < 1.29 is 4.79 Å². The second-order valence-corrected chi connectivity index (χ2v) is 4.59. The molecule has 0 spiro atoms. The van der Waals surface area contributed by atoms with E-state index >= 15 is 0 Å². The van der Waals surface area contributed by atoms with Crippen molar-refractivity contribution in [3.63, 3.8) is 0 Å². The summed E-state index contributed by atoms with van der Waals surface area (Å²) in [6, 6.07) is 7.44. The number of aromatic amines is 1. The first kappa shape index (κ1) is 11.9. The lowest BCUT2D eigenvalue weighted by molar-refractivity contribution is 0.103. The third-order valence-electron chi connectivity index (χ3n) is 3.06. The minimum atomic E-state index is -0.0824. The SMILES string of the molecule is Cc1ccccc1C(=O)c1c[nH]c2ncnc(Cl)c12. The molecule has 0 atom stereocenters. The van der Waals surface area contributed by atoms with Gasteiger partial charge in [0.05, 0.1) is 10.9 Å². The third-order valence-corrected chi connectivity index (χ3v) is 3.34. The summed E-state index contributed by atoms with van der Waals surface area (Å²) in [6.45, 7) is 1.90. The minimum Gasteiger partial charge on any atom is -0.345 e. The molecular weight excluding hydrogens is 262 g/mol. The number of benzene rings is 1. The number of nitrogens with one attached hydrogen (secondary N) is 1. The molecule has 3 aromatic rings. The Kier molecular flexibility index (Phi) is 2.80. The number of fused-ring (bicyclic) bond motifs is 1. The maximum Gasteiger partial charge on any atom is 0.195 e. The number of hydrogen-bond acceptors (Lipinski definition) is 3. The number of nitrogens with zero attached hydrogens (tertiary/aromatic N) is 2. The van der Waals surface area contributed by atoms with Crippen molar-refractivity contribution in [2.45, 2.75) is 6.92 Å². The van der Waals surface area contributed by atoms with Crippen molar-refractivity contribution in [2.75, 3.05) is 0 Å². The molecule has 0 aliphatic rings. The van der Waals surface area contributed by atoms with Crippen LogP contribution in [0.3, 0.4) is 0 Å². The monoisotopic (exact) mass is 271 g/mol. The molecule has 19 heavy (non-hydrogen) atoms. The predicted octanol–water partition coefficient (Wildman–Crippen LogP) is 3.15. The Labute approximate surface area is 114 Å². The number of ketones is 1. The Morgan fingerprint density at radius 2 is 2.00 bits per heavy atom. The second-order valence-electron chi connectivity index (χ2n) is 4.23. The molecule has 2 heterocycles. The number of halogens is 1. The number of aryl methyl sites for hydroxylation is 1. The van der Waals surface area contributed by atoms with Crippen LogP contribution >= 0.6 is 11.6 Å². The van der Waals surface area contributed by atoms with Gasteiger partial charge in [0.25, 0.3) is 0 Å². The van der Waals surface area contributed by atoms with Crippen LogP contribution < -0.4 is 0 Å². The van der Waals surface area contributed by atoms with E-state index in [1.54, 1.807) is 12.3 Å². The maximum atomic E-state index is 12.6. The van der Waals surface area contributed by atoms with Crippen molar-refractivity contribution in [3.8, 4) is 0 Å². The summed E-state index contributed by atoms with van der Waals surface area (Å²) in [4.78, 5) is 23.5. The Bertz CT molecular complexity index is 779. The van der Waals surface area contributed by atoms with Crippen LogP contribution in [0.5, 0.6) is 0 Å². The van der Waals surface area contributed by atoms with Crippen LogP contribution in [0.25, 0.3) is 11.0 Å². The summed E-state index contributed by atoms with van der Waals surface area (Å²) in [5.41, 5.74) is 2.64. The standard InChI is InChI=1S/C14H10ClN3O/c1-8-4-2-3-5-9(8)12(19)10-6-16-14-11(10)13(15)17-7-18-14/h2-7H,1H3,(H,16,17,18). The second kappa shape index (κ2) is 4.48. The van der Waals surface area contributed by atoms with E-state index in [1.807, 2.05) is 25.1 Å². The van der Waals surface area contributed by atoms with Crippen molar-refractivity contribution >= 4 is 28.4 Å². The first-order valence-electron chi connectivity index (χ1n) is 5.76. The first-order chi connectivity index (χ1) is 9.18. The Morgan fingerprint density at radius 3 is 2.79 bits per heavy atom. The molecule has 0 fully saturated rings. The molecule has 2 aromatic heterocycles. The van der Waals surface area contributed by atoms with Crippen LogP contribution in [0.15, 0.2) is 36.8 Å². The Morgan fingerprint density at radius 1 is 1.21 bits per heavy atom.